The molecule has 6 heteroatoms. The molecule has 0 amide bonds. The van der Waals surface area contributed by atoms with E-state index in [4.69, 9.17) is 0 Å². The maximum Gasteiger partial charge on any atom is 0.389 e. The first-order valence-corrected chi connectivity index (χ1v) is 7.08. The minimum atomic E-state index is -4.25. The quantitative estimate of drug-likeness (QED) is 0.801. The smallest absolute Gasteiger partial charge is 0.300 e. The van der Waals surface area contributed by atoms with E-state index in [1.54, 1.807) is 12.1 Å². The molecule has 20 heavy (non-hydrogen) atoms. The van der Waals surface area contributed by atoms with Crippen LogP contribution in [0.1, 0.15) is 37.1 Å². The van der Waals surface area contributed by atoms with E-state index in [9.17, 15) is 18.0 Å². The lowest BCUT2D eigenvalue weighted by Crippen LogP contribution is -2.14. The molecule has 1 atom stereocenters. The van der Waals surface area contributed by atoms with Crippen LogP contribution in [0.15, 0.2) is 24.3 Å². The van der Waals surface area contributed by atoms with Crippen molar-refractivity contribution in [1.29, 1.82) is 0 Å². The molecule has 0 saturated carbocycles. The van der Waals surface area contributed by atoms with Crippen molar-refractivity contribution in [2.75, 3.05) is 0 Å². The largest absolute Gasteiger partial charge is 0.389 e. The van der Waals surface area contributed by atoms with E-state index in [1.807, 2.05) is 12.1 Å². The summed E-state index contributed by atoms with van der Waals surface area (Å²) in [5, 5.41) is 0.463. The average Bonchev–Trinajstić information content (AvgIpc) is 2.76. The zero-order chi connectivity index (χ0) is 14.8. The molecule has 1 unspecified atom stereocenters. The van der Waals surface area contributed by atoms with Crippen molar-refractivity contribution in [1.82, 2.24) is 4.98 Å². The molecule has 0 radical (unpaired) electrons. The second-order valence-corrected chi connectivity index (χ2v) is 5.84. The fourth-order valence-electron chi connectivity index (χ4n) is 2.03. The van der Waals surface area contributed by atoms with Gasteiger partial charge in [-0.15, -0.1) is 11.3 Å². The summed E-state index contributed by atoms with van der Waals surface area (Å²) in [6.45, 7) is 1.39. The van der Waals surface area contributed by atoms with E-state index in [2.05, 4.69) is 4.98 Å². The molecule has 2 aromatic rings. The summed E-state index contributed by atoms with van der Waals surface area (Å²) in [5.41, 5.74) is 0.711. The number of ketones is 1. The zero-order valence-electron chi connectivity index (χ0n) is 10.9. The standard InChI is InChI=1S/C14H14F3NOS/c1-9(19)6-7-10(8-14(15,16)17)13-18-11-4-2-3-5-12(11)20-13/h2-5,10H,6-8H2,1H3. The number of rotatable bonds is 5. The van der Waals surface area contributed by atoms with Crippen LogP contribution >= 0.6 is 11.3 Å². The van der Waals surface area contributed by atoms with Crippen molar-refractivity contribution in [3.63, 3.8) is 0 Å². The molecular weight excluding hydrogens is 287 g/mol. The van der Waals surface area contributed by atoms with E-state index in [1.165, 1.54) is 18.3 Å². The predicted octanol–water partition coefficient (Wildman–Crippen LogP) is 4.70. The number of para-hydroxylation sites is 1. The zero-order valence-corrected chi connectivity index (χ0v) is 11.7. The lowest BCUT2D eigenvalue weighted by molar-refractivity contribution is -0.139. The maximum atomic E-state index is 12.7. The van der Waals surface area contributed by atoms with Crippen molar-refractivity contribution < 1.29 is 18.0 Å². The van der Waals surface area contributed by atoms with Gasteiger partial charge in [-0.1, -0.05) is 12.1 Å². The van der Waals surface area contributed by atoms with Crippen molar-refractivity contribution in [3.8, 4) is 0 Å². The molecule has 0 saturated heterocycles. The first-order chi connectivity index (χ1) is 9.35. The molecule has 2 nitrogen and oxygen atoms in total. The highest BCUT2D eigenvalue weighted by molar-refractivity contribution is 7.18. The molecule has 2 rings (SSSR count). The van der Waals surface area contributed by atoms with Crippen LogP contribution in [0, 0.1) is 0 Å². The Labute approximate surface area is 118 Å². The van der Waals surface area contributed by atoms with Gasteiger partial charge in [-0.25, -0.2) is 4.98 Å². The van der Waals surface area contributed by atoms with Crippen LogP contribution in [-0.2, 0) is 4.79 Å². The average molecular weight is 301 g/mol. The Morgan fingerprint density at radius 3 is 2.65 bits per heavy atom. The second-order valence-electron chi connectivity index (χ2n) is 4.78. The lowest BCUT2D eigenvalue weighted by atomic mass is 9.98. The number of fused-ring (bicyclic) bond motifs is 1. The van der Waals surface area contributed by atoms with Crippen LogP contribution in [0.2, 0.25) is 0 Å². The van der Waals surface area contributed by atoms with E-state index >= 15 is 0 Å². The number of hydrogen-bond acceptors (Lipinski definition) is 3. The Balaban J connectivity index is 2.26. The van der Waals surface area contributed by atoms with Gasteiger partial charge in [0.05, 0.1) is 21.6 Å². The fourth-order valence-corrected chi connectivity index (χ4v) is 3.14. The van der Waals surface area contributed by atoms with Crippen LogP contribution in [-0.4, -0.2) is 16.9 Å². The Bertz CT molecular complexity index is 573. The SMILES string of the molecule is CC(=O)CCC(CC(F)(F)F)c1nc2ccccc2s1. The second kappa shape index (κ2) is 5.91. The summed E-state index contributed by atoms with van der Waals surface area (Å²) in [5.74, 6) is -0.838. The molecule has 0 bridgehead atoms. The predicted molar refractivity (Wildman–Crippen MR) is 72.9 cm³/mol. The molecule has 0 spiro atoms. The Morgan fingerprint density at radius 1 is 1.35 bits per heavy atom. The van der Waals surface area contributed by atoms with Crippen LogP contribution < -0.4 is 0 Å². The summed E-state index contributed by atoms with van der Waals surface area (Å²) in [6, 6.07) is 7.26. The molecule has 0 aliphatic rings. The Hall–Kier alpha value is -1.43. The van der Waals surface area contributed by atoms with Gasteiger partial charge < -0.3 is 4.79 Å². The number of carbonyl (C=O) groups excluding carboxylic acids is 1. The van der Waals surface area contributed by atoms with Gasteiger partial charge in [-0.2, -0.15) is 13.2 Å². The number of alkyl halides is 3. The summed E-state index contributed by atoms with van der Waals surface area (Å²) in [6.07, 6.45) is -4.84. The minimum Gasteiger partial charge on any atom is -0.300 e. The Morgan fingerprint density at radius 2 is 2.05 bits per heavy atom. The third kappa shape index (κ3) is 4.03. The van der Waals surface area contributed by atoms with Crippen LogP contribution in [0.25, 0.3) is 10.2 Å². The minimum absolute atomic E-state index is 0.0988. The van der Waals surface area contributed by atoms with Gasteiger partial charge in [0, 0.05) is 12.3 Å². The number of nitrogens with zero attached hydrogens (tertiary/aromatic N) is 1. The summed E-state index contributed by atoms with van der Waals surface area (Å²) in [4.78, 5) is 15.3. The van der Waals surface area contributed by atoms with Gasteiger partial charge in [0.15, 0.2) is 0 Å². The molecule has 0 fully saturated rings. The molecule has 0 N–H and O–H groups in total. The first kappa shape index (κ1) is 15.0. The number of halogens is 3. The summed E-state index contributed by atoms with van der Waals surface area (Å²) < 4.78 is 38.9. The molecular formula is C14H14F3NOS. The third-order valence-electron chi connectivity index (χ3n) is 2.98. The van der Waals surface area contributed by atoms with Crippen molar-refractivity contribution >= 4 is 27.3 Å². The normalized spacial score (nSPS) is 13.6. The fraction of sp³-hybridized carbons (Fsp3) is 0.429. The summed E-state index contributed by atoms with van der Waals surface area (Å²) >= 11 is 1.28. The van der Waals surface area contributed by atoms with Crippen LogP contribution in [0.4, 0.5) is 13.2 Å². The van der Waals surface area contributed by atoms with Crippen molar-refractivity contribution in [3.05, 3.63) is 29.3 Å². The number of benzene rings is 1. The number of Topliss-reactive ketones (excluding diaryl/α,β-unsaturated/α-hetero) is 1. The number of aromatic nitrogens is 1. The molecule has 0 aliphatic carbocycles. The topological polar surface area (TPSA) is 30.0 Å². The van der Waals surface area contributed by atoms with Crippen LogP contribution in [0.5, 0.6) is 0 Å². The van der Waals surface area contributed by atoms with Crippen molar-refractivity contribution in [2.24, 2.45) is 0 Å². The van der Waals surface area contributed by atoms with E-state index in [0.717, 1.165) is 4.70 Å². The van der Waals surface area contributed by atoms with Gasteiger partial charge in [-0.05, 0) is 25.5 Å². The Kier molecular flexibility index (Phi) is 4.42. The molecule has 108 valence electrons. The monoisotopic (exact) mass is 301 g/mol. The van der Waals surface area contributed by atoms with E-state index < -0.39 is 18.5 Å². The van der Waals surface area contributed by atoms with E-state index in [0.29, 0.717) is 10.5 Å². The van der Waals surface area contributed by atoms with Gasteiger partial charge in [0.2, 0.25) is 0 Å². The van der Waals surface area contributed by atoms with Crippen LogP contribution in [0.3, 0.4) is 0 Å². The maximum absolute atomic E-state index is 12.7. The highest BCUT2D eigenvalue weighted by Gasteiger charge is 2.34. The van der Waals surface area contributed by atoms with Gasteiger partial charge in [0.25, 0.3) is 0 Å². The van der Waals surface area contributed by atoms with E-state index in [-0.39, 0.29) is 18.6 Å². The highest BCUT2D eigenvalue weighted by Crippen LogP contribution is 2.37. The molecule has 1 aromatic carbocycles. The van der Waals surface area contributed by atoms with Gasteiger partial charge in [0.1, 0.15) is 5.78 Å². The van der Waals surface area contributed by atoms with Gasteiger partial charge in [-0.3, -0.25) is 0 Å². The number of hydrogen-bond donors (Lipinski definition) is 0. The number of thiazole rings is 1. The van der Waals surface area contributed by atoms with Gasteiger partial charge >= 0.3 is 6.18 Å². The first-order valence-electron chi connectivity index (χ1n) is 6.27. The third-order valence-corrected chi connectivity index (χ3v) is 4.18. The summed E-state index contributed by atoms with van der Waals surface area (Å²) in [7, 11) is 0. The molecule has 1 aromatic heterocycles. The number of carbonyl (C=O) groups is 1. The molecule has 1 heterocycles. The van der Waals surface area contributed by atoms with Crippen molar-refractivity contribution in [2.45, 2.75) is 38.3 Å². The highest BCUT2D eigenvalue weighted by atomic mass is 32.1. The molecule has 0 aliphatic heterocycles. The lowest BCUT2D eigenvalue weighted by Gasteiger charge is -2.15.